The van der Waals surface area contributed by atoms with Gasteiger partial charge >= 0.3 is 0 Å². The second-order valence-corrected chi connectivity index (χ2v) is 1.81. The van der Waals surface area contributed by atoms with Gasteiger partial charge in [-0.3, -0.25) is 0 Å². The summed E-state index contributed by atoms with van der Waals surface area (Å²) in [5.41, 5.74) is 1.29. The summed E-state index contributed by atoms with van der Waals surface area (Å²) < 4.78 is 0. The zero-order valence-electron chi connectivity index (χ0n) is 5.48. The van der Waals surface area contributed by atoms with Crippen molar-refractivity contribution in [2.75, 3.05) is 0 Å². The number of aldehydes is 1. The largest absolute Gasteiger partial charge is 0.303 e. The van der Waals surface area contributed by atoms with E-state index in [1.54, 1.807) is 0 Å². The van der Waals surface area contributed by atoms with Gasteiger partial charge < -0.3 is 4.79 Å². The Morgan fingerprint density at radius 2 is 2.25 bits per heavy atom. The standard InChI is InChI=1S/C7H12O/c1-3-7(2)5-4-6-8/h5-6H,3-4H2,1-2H3. The molecule has 8 heavy (non-hydrogen) atoms. The second-order valence-electron chi connectivity index (χ2n) is 1.81. The molecule has 0 bridgehead atoms. The van der Waals surface area contributed by atoms with Crippen LogP contribution in [0, 0.1) is 0 Å². The number of hydrogen-bond donors (Lipinski definition) is 0. The molecule has 0 saturated heterocycles. The summed E-state index contributed by atoms with van der Waals surface area (Å²) in [6.45, 7) is 4.11. The highest BCUT2D eigenvalue weighted by Crippen LogP contribution is 1.97. The van der Waals surface area contributed by atoms with Crippen LogP contribution in [0.15, 0.2) is 11.6 Å². The lowest BCUT2D eigenvalue weighted by molar-refractivity contribution is -0.107. The maximum Gasteiger partial charge on any atom is 0.123 e. The van der Waals surface area contributed by atoms with Crippen LogP contribution in [0.5, 0.6) is 0 Å². The molecule has 46 valence electrons. The van der Waals surface area contributed by atoms with Crippen LogP contribution in [0.3, 0.4) is 0 Å². The minimum atomic E-state index is 0.569. The van der Waals surface area contributed by atoms with E-state index in [2.05, 4.69) is 6.92 Å². The third kappa shape index (κ3) is 3.59. The van der Waals surface area contributed by atoms with Gasteiger partial charge in [-0.2, -0.15) is 0 Å². The molecule has 1 nitrogen and oxygen atoms in total. The fraction of sp³-hybridized carbons (Fsp3) is 0.571. The van der Waals surface area contributed by atoms with E-state index in [0.29, 0.717) is 6.42 Å². The zero-order valence-corrected chi connectivity index (χ0v) is 5.48. The van der Waals surface area contributed by atoms with Crippen molar-refractivity contribution in [2.24, 2.45) is 0 Å². The van der Waals surface area contributed by atoms with Gasteiger partial charge in [0.2, 0.25) is 0 Å². The molecule has 0 unspecified atom stereocenters. The summed E-state index contributed by atoms with van der Waals surface area (Å²) in [6.07, 6.45) is 4.49. The van der Waals surface area contributed by atoms with Gasteiger partial charge in [-0.05, 0) is 13.3 Å². The van der Waals surface area contributed by atoms with Crippen molar-refractivity contribution in [2.45, 2.75) is 26.7 Å². The van der Waals surface area contributed by atoms with E-state index in [9.17, 15) is 4.79 Å². The van der Waals surface area contributed by atoms with Gasteiger partial charge in [0, 0.05) is 6.42 Å². The Morgan fingerprint density at radius 3 is 2.62 bits per heavy atom. The predicted octanol–water partition coefficient (Wildman–Crippen LogP) is 1.93. The van der Waals surface area contributed by atoms with Gasteiger partial charge in [-0.25, -0.2) is 0 Å². The molecule has 1 heteroatoms. The van der Waals surface area contributed by atoms with E-state index in [1.807, 2.05) is 13.0 Å². The zero-order chi connectivity index (χ0) is 6.41. The van der Waals surface area contributed by atoms with Crippen molar-refractivity contribution in [3.05, 3.63) is 11.6 Å². The fourth-order valence-corrected chi connectivity index (χ4v) is 0.394. The van der Waals surface area contributed by atoms with Crippen LogP contribution in [-0.2, 0) is 4.79 Å². The molecule has 0 rings (SSSR count). The summed E-state index contributed by atoms with van der Waals surface area (Å²) in [6, 6.07) is 0. The lowest BCUT2D eigenvalue weighted by atomic mass is 10.2. The van der Waals surface area contributed by atoms with Gasteiger partial charge in [-0.1, -0.05) is 18.6 Å². The van der Waals surface area contributed by atoms with Crippen molar-refractivity contribution in [1.82, 2.24) is 0 Å². The number of carbonyl (C=O) groups is 1. The monoisotopic (exact) mass is 112 g/mol. The Morgan fingerprint density at radius 1 is 1.62 bits per heavy atom. The first kappa shape index (κ1) is 7.41. The van der Waals surface area contributed by atoms with Crippen LogP contribution in [0.25, 0.3) is 0 Å². The van der Waals surface area contributed by atoms with E-state index in [1.165, 1.54) is 5.57 Å². The molecule has 0 aromatic rings. The van der Waals surface area contributed by atoms with Crippen molar-refractivity contribution >= 4 is 6.29 Å². The first-order valence-corrected chi connectivity index (χ1v) is 2.90. The summed E-state index contributed by atoms with van der Waals surface area (Å²) in [7, 11) is 0. The molecule has 0 saturated carbocycles. The molecular weight excluding hydrogens is 100 g/mol. The average Bonchev–Trinajstić information content (AvgIpc) is 1.83. The lowest BCUT2D eigenvalue weighted by Gasteiger charge is -1.88. The molecule has 0 atom stereocenters. The van der Waals surface area contributed by atoms with Gasteiger partial charge in [0.25, 0.3) is 0 Å². The van der Waals surface area contributed by atoms with E-state index in [4.69, 9.17) is 0 Å². The van der Waals surface area contributed by atoms with E-state index < -0.39 is 0 Å². The van der Waals surface area contributed by atoms with Crippen molar-refractivity contribution in [3.8, 4) is 0 Å². The molecule has 0 fully saturated rings. The van der Waals surface area contributed by atoms with Crippen LogP contribution in [0.2, 0.25) is 0 Å². The molecule has 0 spiro atoms. The summed E-state index contributed by atoms with van der Waals surface area (Å²) in [4.78, 5) is 9.78. The smallest absolute Gasteiger partial charge is 0.123 e. The number of hydrogen-bond acceptors (Lipinski definition) is 1. The molecule has 0 heterocycles. The van der Waals surface area contributed by atoms with E-state index >= 15 is 0 Å². The van der Waals surface area contributed by atoms with Gasteiger partial charge in [-0.15, -0.1) is 0 Å². The van der Waals surface area contributed by atoms with Crippen LogP contribution in [0.1, 0.15) is 26.7 Å². The minimum Gasteiger partial charge on any atom is -0.303 e. The molecule has 0 N–H and O–H groups in total. The molecule has 0 aliphatic heterocycles. The van der Waals surface area contributed by atoms with Gasteiger partial charge in [0.1, 0.15) is 6.29 Å². The highest BCUT2D eigenvalue weighted by atomic mass is 16.1. The van der Waals surface area contributed by atoms with Crippen LogP contribution in [0.4, 0.5) is 0 Å². The Kier molecular flexibility index (Phi) is 4.23. The second kappa shape index (κ2) is 4.57. The van der Waals surface area contributed by atoms with Crippen molar-refractivity contribution < 1.29 is 4.79 Å². The van der Waals surface area contributed by atoms with E-state index in [0.717, 1.165) is 12.7 Å². The lowest BCUT2D eigenvalue weighted by Crippen LogP contribution is -1.72. The summed E-state index contributed by atoms with van der Waals surface area (Å²) in [5.74, 6) is 0. The van der Waals surface area contributed by atoms with Crippen molar-refractivity contribution in [1.29, 1.82) is 0 Å². The minimum absolute atomic E-state index is 0.569. The van der Waals surface area contributed by atoms with Gasteiger partial charge in [0.05, 0.1) is 0 Å². The van der Waals surface area contributed by atoms with Crippen molar-refractivity contribution in [3.63, 3.8) is 0 Å². The first-order chi connectivity index (χ1) is 3.81. The normalized spacial score (nSPS) is 11.5. The van der Waals surface area contributed by atoms with Gasteiger partial charge in [0.15, 0.2) is 0 Å². The number of allylic oxidation sites excluding steroid dienone is 2. The van der Waals surface area contributed by atoms with Crippen LogP contribution < -0.4 is 0 Å². The Bertz CT molecular complexity index is 92.6. The molecular formula is C7H12O. The maximum atomic E-state index is 9.78. The number of rotatable bonds is 3. The maximum absolute atomic E-state index is 9.78. The quantitative estimate of drug-likeness (QED) is 0.402. The third-order valence-electron chi connectivity index (χ3n) is 1.12. The predicted molar refractivity (Wildman–Crippen MR) is 34.7 cm³/mol. The molecule has 0 aromatic carbocycles. The summed E-state index contributed by atoms with van der Waals surface area (Å²) in [5, 5.41) is 0. The average molecular weight is 112 g/mol. The number of carbonyl (C=O) groups excluding carboxylic acids is 1. The third-order valence-corrected chi connectivity index (χ3v) is 1.12. The van der Waals surface area contributed by atoms with Crippen LogP contribution >= 0.6 is 0 Å². The topological polar surface area (TPSA) is 17.1 Å². The molecule has 0 aromatic heterocycles. The SMILES string of the molecule is CCC(C)=CCC=O. The first-order valence-electron chi connectivity index (χ1n) is 2.90. The Labute approximate surface area is 50.4 Å². The van der Waals surface area contributed by atoms with Crippen LogP contribution in [-0.4, -0.2) is 6.29 Å². The summed E-state index contributed by atoms with van der Waals surface area (Å²) >= 11 is 0. The molecule has 0 radical (unpaired) electrons. The van der Waals surface area contributed by atoms with E-state index in [-0.39, 0.29) is 0 Å². The fourth-order valence-electron chi connectivity index (χ4n) is 0.394. The Balaban J connectivity index is 3.40. The Hall–Kier alpha value is -0.590. The highest BCUT2D eigenvalue weighted by Gasteiger charge is 1.79. The molecule has 0 amide bonds. The molecule has 0 aliphatic carbocycles. The molecule has 0 aliphatic rings. The highest BCUT2D eigenvalue weighted by molar-refractivity contribution is 5.52.